The van der Waals surface area contributed by atoms with Gasteiger partial charge in [0.25, 0.3) is 10.0 Å². The highest BCUT2D eigenvalue weighted by molar-refractivity contribution is 9.10. The van der Waals surface area contributed by atoms with E-state index in [1.807, 2.05) is 18.2 Å². The summed E-state index contributed by atoms with van der Waals surface area (Å²) >= 11 is 4.77. The molecule has 0 aliphatic carbocycles. The van der Waals surface area contributed by atoms with E-state index in [0.717, 1.165) is 17.0 Å². The second-order valence-electron chi connectivity index (χ2n) is 4.47. The third-order valence-electron chi connectivity index (χ3n) is 3.15. The third-order valence-corrected chi connectivity index (χ3v) is 6.98. The van der Waals surface area contributed by atoms with E-state index in [9.17, 15) is 12.8 Å². The van der Waals surface area contributed by atoms with Crippen molar-refractivity contribution in [1.82, 2.24) is 0 Å². The highest BCUT2D eigenvalue weighted by atomic mass is 79.9. The summed E-state index contributed by atoms with van der Waals surface area (Å²) in [5.74, 6) is 0.213. The maximum Gasteiger partial charge on any atom is 0.265 e. The number of sulfonamides is 1. The summed E-state index contributed by atoms with van der Waals surface area (Å²) < 4.78 is 40.5. The molecule has 1 aliphatic heterocycles. The Morgan fingerprint density at radius 1 is 1.19 bits per heavy atom. The van der Waals surface area contributed by atoms with E-state index in [0.29, 0.717) is 18.0 Å². The summed E-state index contributed by atoms with van der Waals surface area (Å²) in [7, 11) is -3.72. The molecule has 1 aliphatic rings. The van der Waals surface area contributed by atoms with Gasteiger partial charge in [-0.15, -0.1) is 11.8 Å². The lowest BCUT2D eigenvalue weighted by Crippen LogP contribution is -2.35. The van der Waals surface area contributed by atoms with Crippen LogP contribution in [0.4, 0.5) is 10.1 Å². The third kappa shape index (κ3) is 2.69. The van der Waals surface area contributed by atoms with Crippen LogP contribution in [0.25, 0.3) is 0 Å². The summed E-state index contributed by atoms with van der Waals surface area (Å²) in [5, 5.41) is 0. The van der Waals surface area contributed by atoms with Crippen LogP contribution in [0.2, 0.25) is 0 Å². The van der Waals surface area contributed by atoms with Crippen molar-refractivity contribution in [3.05, 3.63) is 52.8 Å². The molecule has 1 heterocycles. The highest BCUT2D eigenvalue weighted by Gasteiger charge is 2.30. The number of rotatable bonds is 2. The number of para-hydroxylation sites is 1. The van der Waals surface area contributed by atoms with Gasteiger partial charge < -0.3 is 0 Å². The molecule has 0 atom stereocenters. The van der Waals surface area contributed by atoms with Gasteiger partial charge in [0.05, 0.1) is 5.69 Å². The second kappa shape index (κ2) is 5.62. The Bertz CT molecular complexity index is 795. The van der Waals surface area contributed by atoms with Gasteiger partial charge in [0.1, 0.15) is 10.7 Å². The van der Waals surface area contributed by atoms with Gasteiger partial charge in [-0.2, -0.15) is 0 Å². The van der Waals surface area contributed by atoms with Crippen LogP contribution in [0.1, 0.15) is 0 Å². The lowest BCUT2D eigenvalue weighted by molar-refractivity contribution is 0.589. The summed E-state index contributed by atoms with van der Waals surface area (Å²) in [4.78, 5) is 1.01. The molecule has 0 N–H and O–H groups in total. The molecule has 110 valence electrons. The molecular formula is C14H11BrFNO2S2. The number of halogens is 2. The number of anilines is 1. The first kappa shape index (κ1) is 14.9. The molecule has 0 spiro atoms. The standard InChI is InChI=1S/C14H11BrFNO2S2/c15-11-9-10(16)5-6-14(11)21(18,19)17-7-8-20-13-4-2-1-3-12(13)17/h1-6,9H,7-8H2. The van der Waals surface area contributed by atoms with Gasteiger partial charge in [-0.25, -0.2) is 12.8 Å². The van der Waals surface area contributed by atoms with Gasteiger partial charge in [-0.05, 0) is 46.3 Å². The van der Waals surface area contributed by atoms with Crippen molar-refractivity contribution in [1.29, 1.82) is 0 Å². The van der Waals surface area contributed by atoms with E-state index in [2.05, 4.69) is 15.9 Å². The minimum atomic E-state index is -3.72. The van der Waals surface area contributed by atoms with Gasteiger partial charge in [-0.1, -0.05) is 12.1 Å². The van der Waals surface area contributed by atoms with Crippen molar-refractivity contribution >= 4 is 43.4 Å². The van der Waals surface area contributed by atoms with Crippen molar-refractivity contribution in [2.75, 3.05) is 16.6 Å². The van der Waals surface area contributed by atoms with E-state index in [-0.39, 0.29) is 9.37 Å². The van der Waals surface area contributed by atoms with Crippen molar-refractivity contribution in [3.8, 4) is 0 Å². The van der Waals surface area contributed by atoms with Crippen molar-refractivity contribution < 1.29 is 12.8 Å². The predicted molar refractivity (Wildman–Crippen MR) is 85.8 cm³/mol. The zero-order valence-corrected chi connectivity index (χ0v) is 14.0. The van der Waals surface area contributed by atoms with Crippen LogP contribution in [0.15, 0.2) is 56.7 Å². The number of hydrogen-bond acceptors (Lipinski definition) is 3. The molecular weight excluding hydrogens is 377 g/mol. The molecule has 0 bridgehead atoms. The van der Waals surface area contributed by atoms with Crippen LogP contribution in [0.5, 0.6) is 0 Å². The van der Waals surface area contributed by atoms with Crippen LogP contribution < -0.4 is 4.31 Å². The van der Waals surface area contributed by atoms with E-state index in [1.165, 1.54) is 10.4 Å². The zero-order chi connectivity index (χ0) is 15.0. The van der Waals surface area contributed by atoms with E-state index in [4.69, 9.17) is 0 Å². The maximum absolute atomic E-state index is 13.2. The van der Waals surface area contributed by atoms with Gasteiger partial charge >= 0.3 is 0 Å². The fraction of sp³-hybridized carbons (Fsp3) is 0.143. The number of fused-ring (bicyclic) bond motifs is 1. The molecule has 3 nitrogen and oxygen atoms in total. The molecule has 0 saturated carbocycles. The van der Waals surface area contributed by atoms with Gasteiger partial charge in [0, 0.05) is 21.7 Å². The molecule has 3 rings (SSSR count). The number of benzene rings is 2. The van der Waals surface area contributed by atoms with Gasteiger partial charge in [-0.3, -0.25) is 4.31 Å². The molecule has 0 radical (unpaired) electrons. The van der Waals surface area contributed by atoms with Crippen molar-refractivity contribution in [2.45, 2.75) is 9.79 Å². The Hall–Kier alpha value is -1.05. The van der Waals surface area contributed by atoms with E-state index in [1.54, 1.807) is 17.8 Å². The SMILES string of the molecule is O=S(=O)(c1ccc(F)cc1Br)N1CCSc2ccccc21. The van der Waals surface area contributed by atoms with Crippen LogP contribution in [-0.4, -0.2) is 20.7 Å². The minimum Gasteiger partial charge on any atom is -0.264 e. The Morgan fingerprint density at radius 2 is 1.95 bits per heavy atom. The lowest BCUT2D eigenvalue weighted by Gasteiger charge is -2.30. The molecule has 0 unspecified atom stereocenters. The Morgan fingerprint density at radius 3 is 2.71 bits per heavy atom. The first-order valence-corrected chi connectivity index (χ1v) is 9.41. The van der Waals surface area contributed by atoms with Gasteiger partial charge in [0.15, 0.2) is 0 Å². The Kier molecular flexibility index (Phi) is 3.98. The maximum atomic E-state index is 13.2. The lowest BCUT2D eigenvalue weighted by atomic mass is 10.3. The van der Waals surface area contributed by atoms with E-state index >= 15 is 0 Å². The molecule has 2 aromatic rings. The van der Waals surface area contributed by atoms with E-state index < -0.39 is 15.8 Å². The molecule has 2 aromatic carbocycles. The van der Waals surface area contributed by atoms with Crippen LogP contribution in [0, 0.1) is 5.82 Å². The summed E-state index contributed by atoms with van der Waals surface area (Å²) in [5.41, 5.74) is 0.671. The first-order valence-electron chi connectivity index (χ1n) is 6.20. The molecule has 0 amide bonds. The van der Waals surface area contributed by atoms with Crippen molar-refractivity contribution in [3.63, 3.8) is 0 Å². The normalized spacial score (nSPS) is 14.9. The zero-order valence-electron chi connectivity index (χ0n) is 10.8. The van der Waals surface area contributed by atoms with Gasteiger partial charge in [0.2, 0.25) is 0 Å². The molecule has 0 fully saturated rings. The fourth-order valence-corrected chi connectivity index (χ4v) is 5.86. The van der Waals surface area contributed by atoms with Crippen LogP contribution in [-0.2, 0) is 10.0 Å². The summed E-state index contributed by atoms with van der Waals surface area (Å²) in [6.45, 7) is 0.397. The largest absolute Gasteiger partial charge is 0.265 e. The fourth-order valence-electron chi connectivity index (χ4n) is 2.20. The highest BCUT2D eigenvalue weighted by Crippen LogP contribution is 2.38. The van der Waals surface area contributed by atoms with Crippen LogP contribution in [0.3, 0.4) is 0 Å². The minimum absolute atomic E-state index is 0.0746. The topological polar surface area (TPSA) is 37.4 Å². The summed E-state index contributed by atoms with van der Waals surface area (Å²) in [6, 6.07) is 11.0. The summed E-state index contributed by atoms with van der Waals surface area (Å²) in [6.07, 6.45) is 0. The second-order valence-corrected chi connectivity index (χ2v) is 8.29. The number of thioether (sulfide) groups is 1. The molecule has 7 heteroatoms. The predicted octanol–water partition coefficient (Wildman–Crippen LogP) is 3.89. The van der Waals surface area contributed by atoms with Crippen molar-refractivity contribution in [2.24, 2.45) is 0 Å². The molecule has 0 saturated heterocycles. The van der Waals surface area contributed by atoms with Crippen LogP contribution >= 0.6 is 27.7 Å². The Balaban J connectivity index is 2.12. The average Bonchev–Trinajstić information content (AvgIpc) is 2.46. The smallest absolute Gasteiger partial charge is 0.264 e. The molecule has 21 heavy (non-hydrogen) atoms. The average molecular weight is 388 g/mol. The first-order chi connectivity index (χ1) is 10.00. The monoisotopic (exact) mass is 387 g/mol. The quantitative estimate of drug-likeness (QED) is 0.784. The Labute approximate surface area is 135 Å². The number of hydrogen-bond donors (Lipinski definition) is 0. The molecule has 0 aromatic heterocycles. The number of nitrogens with zero attached hydrogens (tertiary/aromatic N) is 1.